The molecule has 0 atom stereocenters. The molecule has 92 valence electrons. The van der Waals surface area contributed by atoms with Crippen LogP contribution in [0.2, 0.25) is 0 Å². The summed E-state index contributed by atoms with van der Waals surface area (Å²) in [6.45, 7) is 6.02. The first-order chi connectivity index (χ1) is 8.15. The van der Waals surface area contributed by atoms with Gasteiger partial charge in [0.25, 0.3) is 0 Å². The maximum Gasteiger partial charge on any atom is 0.230 e. The van der Waals surface area contributed by atoms with Gasteiger partial charge in [-0.3, -0.25) is 4.79 Å². The van der Waals surface area contributed by atoms with E-state index in [1.54, 1.807) is 0 Å². The van der Waals surface area contributed by atoms with Gasteiger partial charge in [0.05, 0.1) is 5.92 Å². The molecule has 3 nitrogen and oxygen atoms in total. The van der Waals surface area contributed by atoms with Crippen LogP contribution in [0.1, 0.15) is 19.4 Å². The molecule has 0 spiro atoms. The van der Waals surface area contributed by atoms with Crippen LogP contribution in [-0.2, 0) is 11.2 Å². The normalized spacial score (nSPS) is 15.7. The van der Waals surface area contributed by atoms with Crippen LogP contribution >= 0.6 is 0 Å². The highest BCUT2D eigenvalue weighted by atomic mass is 16.2. The second-order valence-electron chi connectivity index (χ2n) is 5.14. The molecule has 0 aromatic heterocycles. The van der Waals surface area contributed by atoms with Crippen LogP contribution in [0.15, 0.2) is 24.3 Å². The van der Waals surface area contributed by atoms with E-state index in [2.05, 4.69) is 36.6 Å². The molecule has 1 aromatic carbocycles. The first kappa shape index (κ1) is 12.1. The van der Waals surface area contributed by atoms with E-state index >= 15 is 0 Å². The van der Waals surface area contributed by atoms with Crippen molar-refractivity contribution in [3.8, 4) is 0 Å². The van der Waals surface area contributed by atoms with Gasteiger partial charge in [0.1, 0.15) is 0 Å². The quantitative estimate of drug-likeness (QED) is 0.834. The highest BCUT2D eigenvalue weighted by Gasteiger charge is 2.24. The fraction of sp³-hybridized carbons (Fsp3) is 0.500. The predicted octanol–water partition coefficient (Wildman–Crippen LogP) is 2.04. The van der Waals surface area contributed by atoms with Crippen molar-refractivity contribution >= 4 is 11.6 Å². The second-order valence-corrected chi connectivity index (χ2v) is 5.14. The molecule has 1 aromatic rings. The maximum atomic E-state index is 11.7. The predicted molar refractivity (Wildman–Crippen MR) is 70.0 cm³/mol. The van der Waals surface area contributed by atoms with Gasteiger partial charge in [-0.2, -0.15) is 0 Å². The summed E-state index contributed by atoms with van der Waals surface area (Å²) >= 11 is 0. The number of benzene rings is 1. The lowest BCUT2D eigenvalue weighted by molar-refractivity contribution is -0.121. The van der Waals surface area contributed by atoms with Gasteiger partial charge in [-0.25, -0.2) is 0 Å². The third kappa shape index (κ3) is 3.30. The average Bonchev–Trinajstić information content (AvgIpc) is 2.17. The first-order valence-corrected chi connectivity index (χ1v) is 6.25. The molecular formula is C14H20N2O. The lowest BCUT2D eigenvalue weighted by Crippen LogP contribution is -2.48. The summed E-state index contributed by atoms with van der Waals surface area (Å²) in [4.78, 5) is 11.7. The van der Waals surface area contributed by atoms with E-state index in [4.69, 9.17) is 0 Å². The van der Waals surface area contributed by atoms with E-state index in [1.807, 2.05) is 12.1 Å². The molecule has 2 rings (SSSR count). The molecule has 1 heterocycles. The lowest BCUT2D eigenvalue weighted by atomic mass is 10.0. The molecular weight excluding hydrogens is 212 g/mol. The SMILES string of the molecule is CC(C)Cc1ccc(NC(=O)C2CNC2)cc1. The van der Waals surface area contributed by atoms with Crippen LogP contribution in [0.4, 0.5) is 5.69 Å². The Kier molecular flexibility index (Phi) is 3.79. The van der Waals surface area contributed by atoms with Crippen molar-refractivity contribution in [1.82, 2.24) is 5.32 Å². The van der Waals surface area contributed by atoms with Crippen LogP contribution in [-0.4, -0.2) is 19.0 Å². The van der Waals surface area contributed by atoms with Crippen molar-refractivity contribution in [3.63, 3.8) is 0 Å². The Balaban J connectivity index is 1.90. The van der Waals surface area contributed by atoms with Crippen molar-refractivity contribution in [2.75, 3.05) is 18.4 Å². The average molecular weight is 232 g/mol. The zero-order valence-corrected chi connectivity index (χ0v) is 10.5. The molecule has 0 aliphatic carbocycles. The van der Waals surface area contributed by atoms with Gasteiger partial charge in [0.15, 0.2) is 0 Å². The van der Waals surface area contributed by atoms with E-state index in [-0.39, 0.29) is 11.8 Å². The van der Waals surface area contributed by atoms with Crippen molar-refractivity contribution in [2.45, 2.75) is 20.3 Å². The maximum absolute atomic E-state index is 11.7. The van der Waals surface area contributed by atoms with Crippen molar-refractivity contribution in [3.05, 3.63) is 29.8 Å². The molecule has 1 saturated heterocycles. The summed E-state index contributed by atoms with van der Waals surface area (Å²) in [6.07, 6.45) is 1.08. The highest BCUT2D eigenvalue weighted by Crippen LogP contribution is 2.14. The van der Waals surface area contributed by atoms with Crippen LogP contribution in [0, 0.1) is 11.8 Å². The number of hydrogen-bond acceptors (Lipinski definition) is 2. The fourth-order valence-corrected chi connectivity index (χ4v) is 1.91. The van der Waals surface area contributed by atoms with Crippen molar-refractivity contribution in [2.24, 2.45) is 11.8 Å². The van der Waals surface area contributed by atoms with Crippen LogP contribution in [0.3, 0.4) is 0 Å². The molecule has 1 aliphatic heterocycles. The molecule has 0 radical (unpaired) electrons. The van der Waals surface area contributed by atoms with Crippen LogP contribution in [0.25, 0.3) is 0 Å². The highest BCUT2D eigenvalue weighted by molar-refractivity contribution is 5.93. The lowest BCUT2D eigenvalue weighted by Gasteiger charge is -2.25. The third-order valence-electron chi connectivity index (χ3n) is 3.02. The summed E-state index contributed by atoms with van der Waals surface area (Å²) in [5.41, 5.74) is 2.22. The molecule has 0 unspecified atom stereocenters. The number of amides is 1. The van der Waals surface area contributed by atoms with Gasteiger partial charge in [-0.05, 0) is 30.0 Å². The number of carbonyl (C=O) groups excluding carboxylic acids is 1. The zero-order chi connectivity index (χ0) is 12.3. The van der Waals surface area contributed by atoms with E-state index in [9.17, 15) is 4.79 Å². The monoisotopic (exact) mass is 232 g/mol. The smallest absolute Gasteiger partial charge is 0.230 e. The number of rotatable bonds is 4. The van der Waals surface area contributed by atoms with E-state index in [0.717, 1.165) is 25.2 Å². The van der Waals surface area contributed by atoms with Gasteiger partial charge in [0.2, 0.25) is 5.91 Å². The molecule has 0 saturated carbocycles. The Morgan fingerprint density at radius 3 is 2.47 bits per heavy atom. The topological polar surface area (TPSA) is 41.1 Å². The first-order valence-electron chi connectivity index (χ1n) is 6.25. The second kappa shape index (κ2) is 5.32. The number of carbonyl (C=O) groups is 1. The summed E-state index contributed by atoms with van der Waals surface area (Å²) in [7, 11) is 0. The number of anilines is 1. The molecule has 1 amide bonds. The third-order valence-corrected chi connectivity index (χ3v) is 3.02. The Morgan fingerprint density at radius 1 is 1.35 bits per heavy atom. The summed E-state index contributed by atoms with van der Waals surface area (Å²) < 4.78 is 0. The molecule has 1 aliphatic rings. The Labute approximate surface area is 103 Å². The van der Waals surface area contributed by atoms with Gasteiger partial charge in [-0.1, -0.05) is 26.0 Å². The van der Waals surface area contributed by atoms with Crippen molar-refractivity contribution in [1.29, 1.82) is 0 Å². The van der Waals surface area contributed by atoms with Gasteiger partial charge in [-0.15, -0.1) is 0 Å². The minimum Gasteiger partial charge on any atom is -0.326 e. The summed E-state index contributed by atoms with van der Waals surface area (Å²) in [5, 5.41) is 6.04. The molecule has 17 heavy (non-hydrogen) atoms. The van der Waals surface area contributed by atoms with E-state index < -0.39 is 0 Å². The number of hydrogen-bond donors (Lipinski definition) is 2. The summed E-state index contributed by atoms with van der Waals surface area (Å²) in [6, 6.07) is 8.16. The van der Waals surface area contributed by atoms with Gasteiger partial charge < -0.3 is 10.6 Å². The minimum absolute atomic E-state index is 0.125. The van der Waals surface area contributed by atoms with E-state index in [0.29, 0.717) is 5.92 Å². The minimum atomic E-state index is 0.125. The fourth-order valence-electron chi connectivity index (χ4n) is 1.91. The Hall–Kier alpha value is -1.35. The molecule has 3 heteroatoms. The molecule has 0 bridgehead atoms. The van der Waals surface area contributed by atoms with Crippen LogP contribution < -0.4 is 10.6 Å². The zero-order valence-electron chi connectivity index (χ0n) is 10.5. The standard InChI is InChI=1S/C14H20N2O/c1-10(2)7-11-3-5-13(6-4-11)16-14(17)12-8-15-9-12/h3-6,10,12,15H,7-9H2,1-2H3,(H,16,17). The van der Waals surface area contributed by atoms with Gasteiger partial charge >= 0.3 is 0 Å². The van der Waals surface area contributed by atoms with Crippen molar-refractivity contribution < 1.29 is 4.79 Å². The Bertz CT molecular complexity index is 380. The van der Waals surface area contributed by atoms with Crippen LogP contribution in [0.5, 0.6) is 0 Å². The number of nitrogens with one attached hydrogen (secondary N) is 2. The Morgan fingerprint density at radius 2 is 2.00 bits per heavy atom. The molecule has 2 N–H and O–H groups in total. The van der Waals surface area contributed by atoms with Gasteiger partial charge in [0, 0.05) is 18.8 Å². The van der Waals surface area contributed by atoms with E-state index in [1.165, 1.54) is 5.56 Å². The largest absolute Gasteiger partial charge is 0.326 e. The summed E-state index contributed by atoms with van der Waals surface area (Å²) in [5.74, 6) is 0.933. The molecule has 1 fully saturated rings.